The lowest BCUT2D eigenvalue weighted by molar-refractivity contribution is -0.141. The number of hydrogen-bond donors (Lipinski definition) is 1. The number of alkyl halides is 1. The van der Waals surface area contributed by atoms with Crippen molar-refractivity contribution in [2.24, 2.45) is 5.92 Å². The fourth-order valence-electron chi connectivity index (χ4n) is 2.12. The second kappa shape index (κ2) is 3.77. The topological polar surface area (TPSA) is 40.5 Å². The predicted molar refractivity (Wildman–Crippen MR) is 54.1 cm³/mol. The molecular weight excluding hydrogens is 197 g/mol. The van der Waals surface area contributed by atoms with Gasteiger partial charge in [0.2, 0.25) is 0 Å². The molecule has 2 rings (SSSR count). The molecule has 0 bridgehead atoms. The maximum atomic E-state index is 14.3. The molecule has 2 aliphatic rings. The molecule has 4 heteroatoms. The zero-order chi connectivity index (χ0) is 10.9. The van der Waals surface area contributed by atoms with Gasteiger partial charge in [0, 0.05) is 19.5 Å². The minimum atomic E-state index is -1.47. The third-order valence-corrected chi connectivity index (χ3v) is 3.07. The fraction of sp³-hybridized carbons (Fsp3) is 0.545. The Kier molecular flexibility index (Phi) is 2.61. The maximum Gasteiger partial charge on any atom is 0.307 e. The van der Waals surface area contributed by atoms with Crippen LogP contribution in [0.5, 0.6) is 0 Å². The van der Waals surface area contributed by atoms with Gasteiger partial charge in [0.15, 0.2) is 5.79 Å². The largest absolute Gasteiger partial charge is 0.481 e. The second-order valence-corrected chi connectivity index (χ2v) is 4.08. The quantitative estimate of drug-likeness (QED) is 0.705. The number of hydrogen-bond acceptors (Lipinski definition) is 2. The highest BCUT2D eigenvalue weighted by atomic mass is 19.1. The van der Waals surface area contributed by atoms with Crippen LogP contribution >= 0.6 is 0 Å². The molecule has 2 atom stereocenters. The second-order valence-electron chi connectivity index (χ2n) is 4.08. The average molecular weight is 211 g/mol. The molecule has 3 nitrogen and oxygen atoms in total. The summed E-state index contributed by atoms with van der Waals surface area (Å²) in [4.78, 5) is 12.4. The molecule has 2 unspecified atom stereocenters. The van der Waals surface area contributed by atoms with Crippen molar-refractivity contribution < 1.29 is 14.3 Å². The minimum absolute atomic E-state index is 0.310. The van der Waals surface area contributed by atoms with Gasteiger partial charge in [-0.25, -0.2) is 4.39 Å². The molecule has 0 saturated carbocycles. The number of halogens is 1. The van der Waals surface area contributed by atoms with Gasteiger partial charge in [0.1, 0.15) is 0 Å². The molecule has 1 N–H and O–H groups in total. The monoisotopic (exact) mass is 211 g/mol. The molecule has 82 valence electrons. The van der Waals surface area contributed by atoms with Gasteiger partial charge in [-0.2, -0.15) is 0 Å². The Morgan fingerprint density at radius 3 is 2.87 bits per heavy atom. The minimum Gasteiger partial charge on any atom is -0.481 e. The maximum absolute atomic E-state index is 14.3. The Morgan fingerprint density at radius 1 is 1.53 bits per heavy atom. The Labute approximate surface area is 87.9 Å². The Bertz CT molecular complexity index is 327. The first kappa shape index (κ1) is 10.4. The summed E-state index contributed by atoms with van der Waals surface area (Å²) in [6.07, 6.45) is 7.62. The highest BCUT2D eigenvalue weighted by Gasteiger charge is 2.40. The number of carboxylic acids is 1. The SMILES string of the molecule is O=C(O)C1CCN(C2(F)C=CC=CC2)C1. The van der Waals surface area contributed by atoms with Gasteiger partial charge in [0.25, 0.3) is 0 Å². The zero-order valence-corrected chi connectivity index (χ0v) is 8.40. The molecule has 0 aromatic rings. The lowest BCUT2D eigenvalue weighted by Gasteiger charge is -2.32. The molecule has 0 radical (unpaired) electrons. The Hall–Kier alpha value is -1.16. The number of rotatable bonds is 2. The van der Waals surface area contributed by atoms with Crippen LogP contribution in [-0.4, -0.2) is 34.9 Å². The number of aliphatic carboxylic acids is 1. The summed E-state index contributed by atoms with van der Waals surface area (Å²) < 4.78 is 14.3. The van der Waals surface area contributed by atoms with Crippen molar-refractivity contribution >= 4 is 5.97 Å². The number of likely N-dealkylation sites (tertiary alicyclic amines) is 1. The first-order chi connectivity index (χ1) is 7.12. The third kappa shape index (κ3) is 1.95. The van der Waals surface area contributed by atoms with Crippen LogP contribution < -0.4 is 0 Å². The van der Waals surface area contributed by atoms with E-state index in [0.29, 0.717) is 25.9 Å². The molecule has 1 fully saturated rings. The van der Waals surface area contributed by atoms with Crippen LogP contribution in [0.3, 0.4) is 0 Å². The van der Waals surface area contributed by atoms with E-state index < -0.39 is 17.7 Å². The summed E-state index contributed by atoms with van der Waals surface area (Å²) >= 11 is 0. The van der Waals surface area contributed by atoms with E-state index in [2.05, 4.69) is 0 Å². The highest BCUT2D eigenvalue weighted by Crippen LogP contribution is 2.32. The Balaban J connectivity index is 2.04. The summed E-state index contributed by atoms with van der Waals surface area (Å²) in [5.74, 6) is -2.72. The molecular formula is C11H14FNO2. The first-order valence-electron chi connectivity index (χ1n) is 5.13. The molecule has 1 aliphatic heterocycles. The van der Waals surface area contributed by atoms with Gasteiger partial charge in [-0.05, 0) is 12.5 Å². The summed E-state index contributed by atoms with van der Waals surface area (Å²) in [5.41, 5.74) is 0. The third-order valence-electron chi connectivity index (χ3n) is 3.07. The van der Waals surface area contributed by atoms with Crippen LogP contribution in [0.4, 0.5) is 4.39 Å². The molecule has 0 spiro atoms. The van der Waals surface area contributed by atoms with Gasteiger partial charge in [0.05, 0.1) is 5.92 Å². The standard InChI is InChI=1S/C11H14FNO2/c12-11(5-2-1-3-6-11)13-7-4-9(8-13)10(14)15/h1-3,5,9H,4,6-8H2,(H,14,15). The van der Waals surface area contributed by atoms with Crippen LogP contribution in [0.25, 0.3) is 0 Å². The summed E-state index contributed by atoms with van der Waals surface area (Å²) in [6, 6.07) is 0. The predicted octanol–water partition coefficient (Wildman–Crippen LogP) is 1.57. The lowest BCUT2D eigenvalue weighted by Crippen LogP contribution is -2.42. The molecule has 15 heavy (non-hydrogen) atoms. The summed E-state index contributed by atoms with van der Waals surface area (Å²) in [7, 11) is 0. The van der Waals surface area contributed by atoms with E-state index in [1.165, 1.54) is 6.08 Å². The van der Waals surface area contributed by atoms with Crippen LogP contribution in [0.2, 0.25) is 0 Å². The molecule has 0 amide bonds. The first-order valence-corrected chi connectivity index (χ1v) is 5.13. The van der Waals surface area contributed by atoms with Crippen molar-refractivity contribution in [2.45, 2.75) is 18.6 Å². The van der Waals surface area contributed by atoms with Crippen molar-refractivity contribution in [1.82, 2.24) is 4.90 Å². The van der Waals surface area contributed by atoms with Gasteiger partial charge in [-0.15, -0.1) is 0 Å². The summed E-state index contributed by atoms with van der Waals surface area (Å²) in [5, 5.41) is 8.83. The molecule has 1 heterocycles. The van der Waals surface area contributed by atoms with E-state index in [-0.39, 0.29) is 0 Å². The average Bonchev–Trinajstić information content (AvgIpc) is 2.68. The molecule has 0 aromatic carbocycles. The van der Waals surface area contributed by atoms with Gasteiger partial charge in [-0.1, -0.05) is 18.2 Å². The number of allylic oxidation sites excluding steroid dienone is 2. The van der Waals surface area contributed by atoms with Gasteiger partial charge in [-0.3, -0.25) is 9.69 Å². The van der Waals surface area contributed by atoms with Gasteiger partial charge < -0.3 is 5.11 Å². The van der Waals surface area contributed by atoms with E-state index in [1.54, 1.807) is 17.1 Å². The van der Waals surface area contributed by atoms with Crippen molar-refractivity contribution in [1.29, 1.82) is 0 Å². The normalized spacial score (nSPS) is 35.9. The van der Waals surface area contributed by atoms with Crippen LogP contribution in [0.15, 0.2) is 24.3 Å². The van der Waals surface area contributed by atoms with Crippen LogP contribution in [0, 0.1) is 5.92 Å². The van der Waals surface area contributed by atoms with Crippen LogP contribution in [-0.2, 0) is 4.79 Å². The summed E-state index contributed by atoms with van der Waals surface area (Å²) in [6.45, 7) is 0.829. The van der Waals surface area contributed by atoms with E-state index in [9.17, 15) is 9.18 Å². The van der Waals surface area contributed by atoms with Crippen molar-refractivity contribution in [3.63, 3.8) is 0 Å². The lowest BCUT2D eigenvalue weighted by atomic mass is 10.0. The molecule has 1 saturated heterocycles. The number of carbonyl (C=O) groups is 1. The smallest absolute Gasteiger partial charge is 0.307 e. The van der Waals surface area contributed by atoms with E-state index in [4.69, 9.17) is 5.11 Å². The molecule has 0 aromatic heterocycles. The highest BCUT2D eigenvalue weighted by molar-refractivity contribution is 5.70. The van der Waals surface area contributed by atoms with Crippen molar-refractivity contribution in [3.05, 3.63) is 24.3 Å². The van der Waals surface area contributed by atoms with Gasteiger partial charge >= 0.3 is 5.97 Å². The van der Waals surface area contributed by atoms with Crippen LogP contribution in [0.1, 0.15) is 12.8 Å². The molecule has 1 aliphatic carbocycles. The number of nitrogens with zero attached hydrogens (tertiary/aromatic N) is 1. The Morgan fingerprint density at radius 2 is 2.33 bits per heavy atom. The zero-order valence-electron chi connectivity index (χ0n) is 8.40. The van der Waals surface area contributed by atoms with E-state index in [0.717, 1.165) is 0 Å². The fourth-order valence-corrected chi connectivity index (χ4v) is 2.12. The van der Waals surface area contributed by atoms with Crippen molar-refractivity contribution in [2.75, 3.05) is 13.1 Å². The van der Waals surface area contributed by atoms with E-state index >= 15 is 0 Å². The van der Waals surface area contributed by atoms with Crippen molar-refractivity contribution in [3.8, 4) is 0 Å². The van der Waals surface area contributed by atoms with E-state index in [1.807, 2.05) is 6.08 Å². The number of carboxylic acid groups (broad SMARTS) is 1.